The molecule has 1 saturated heterocycles. The van der Waals surface area contributed by atoms with E-state index in [9.17, 15) is 9.59 Å². The van der Waals surface area contributed by atoms with Crippen molar-refractivity contribution in [2.45, 2.75) is 18.8 Å². The maximum Gasteiger partial charge on any atom is 0.337 e. The van der Waals surface area contributed by atoms with E-state index in [0.717, 1.165) is 29.7 Å². The Hall–Kier alpha value is -3.35. The molecule has 1 unspecified atom stereocenters. The molecule has 4 rings (SSSR count). The van der Waals surface area contributed by atoms with Crippen LogP contribution in [-0.4, -0.2) is 47.1 Å². The molecule has 0 saturated carbocycles. The zero-order valence-electron chi connectivity index (χ0n) is 15.6. The van der Waals surface area contributed by atoms with Crippen molar-refractivity contribution in [1.82, 2.24) is 14.9 Å². The lowest BCUT2D eigenvalue weighted by Crippen LogP contribution is -2.41. The Bertz CT molecular complexity index is 963. The number of piperidine rings is 1. The van der Waals surface area contributed by atoms with E-state index in [4.69, 9.17) is 4.98 Å². The van der Waals surface area contributed by atoms with E-state index in [1.54, 1.807) is 24.3 Å². The first-order valence-electron chi connectivity index (χ1n) is 9.33. The number of para-hydroxylation sites is 2. The van der Waals surface area contributed by atoms with Crippen LogP contribution in [0.5, 0.6) is 0 Å². The molecule has 1 aromatic heterocycles. The Labute approximate surface area is 162 Å². The number of rotatable bonds is 3. The van der Waals surface area contributed by atoms with E-state index >= 15 is 0 Å². The number of H-pyrrole nitrogens is 1. The topological polar surface area (TPSA) is 87.3 Å². The molecule has 7 heteroatoms. The van der Waals surface area contributed by atoms with Gasteiger partial charge >= 0.3 is 12.0 Å². The van der Waals surface area contributed by atoms with Crippen molar-refractivity contribution in [3.8, 4) is 0 Å². The minimum atomic E-state index is -0.400. The van der Waals surface area contributed by atoms with Crippen LogP contribution < -0.4 is 5.32 Å². The lowest BCUT2D eigenvalue weighted by atomic mass is 9.97. The molecule has 2 N–H and O–H groups in total. The van der Waals surface area contributed by atoms with Crippen LogP contribution in [0.4, 0.5) is 10.5 Å². The summed E-state index contributed by atoms with van der Waals surface area (Å²) in [7, 11) is 1.34. The molecule has 0 radical (unpaired) electrons. The quantitative estimate of drug-likeness (QED) is 0.680. The van der Waals surface area contributed by atoms with Crippen LogP contribution in [0.25, 0.3) is 11.0 Å². The number of imidazole rings is 1. The number of amides is 2. The van der Waals surface area contributed by atoms with Gasteiger partial charge in [0.25, 0.3) is 0 Å². The second-order valence-electron chi connectivity index (χ2n) is 6.92. The molecule has 0 spiro atoms. The second-order valence-corrected chi connectivity index (χ2v) is 6.92. The molecule has 2 aromatic carbocycles. The van der Waals surface area contributed by atoms with E-state index in [2.05, 4.69) is 15.0 Å². The van der Waals surface area contributed by atoms with Gasteiger partial charge in [0.05, 0.1) is 23.7 Å². The average molecular weight is 378 g/mol. The van der Waals surface area contributed by atoms with Gasteiger partial charge in [0.1, 0.15) is 5.82 Å². The van der Waals surface area contributed by atoms with Gasteiger partial charge in [-0.3, -0.25) is 0 Å². The molecule has 2 amide bonds. The smallest absolute Gasteiger partial charge is 0.337 e. The Balaban J connectivity index is 1.42. The lowest BCUT2D eigenvalue weighted by molar-refractivity contribution is 0.0600. The number of ether oxygens (including phenoxy) is 1. The summed E-state index contributed by atoms with van der Waals surface area (Å²) in [5.74, 6) is 0.720. The Morgan fingerprint density at radius 1 is 1.18 bits per heavy atom. The number of likely N-dealkylation sites (tertiary alicyclic amines) is 1. The summed E-state index contributed by atoms with van der Waals surface area (Å²) in [5.41, 5.74) is 3.06. The minimum absolute atomic E-state index is 0.147. The maximum atomic E-state index is 12.7. The highest BCUT2D eigenvalue weighted by Crippen LogP contribution is 2.27. The number of benzene rings is 2. The summed E-state index contributed by atoms with van der Waals surface area (Å²) in [6, 6.07) is 14.5. The summed E-state index contributed by atoms with van der Waals surface area (Å²) < 4.78 is 4.68. The third-order valence-corrected chi connectivity index (χ3v) is 5.06. The fourth-order valence-electron chi connectivity index (χ4n) is 3.56. The van der Waals surface area contributed by atoms with Gasteiger partial charge in [-0.05, 0) is 49.2 Å². The predicted molar refractivity (Wildman–Crippen MR) is 106 cm³/mol. The molecule has 7 nitrogen and oxygen atoms in total. The van der Waals surface area contributed by atoms with Gasteiger partial charge in [0, 0.05) is 24.7 Å². The number of nitrogens with one attached hydrogen (secondary N) is 2. The monoisotopic (exact) mass is 378 g/mol. The number of carbonyl (C=O) groups excluding carboxylic acids is 2. The third-order valence-electron chi connectivity index (χ3n) is 5.06. The standard InChI is InChI=1S/C21H22N4O3/c1-28-20(26)14-8-10-16(11-9-14)22-21(27)25-12-4-5-15(13-25)19-23-17-6-2-3-7-18(17)24-19/h2-3,6-11,15H,4-5,12-13H2,1H3,(H,22,27)(H,23,24). The molecule has 3 aromatic rings. The van der Waals surface area contributed by atoms with Crippen molar-refractivity contribution in [3.05, 3.63) is 59.9 Å². The third kappa shape index (κ3) is 3.69. The molecule has 2 heterocycles. The molecule has 144 valence electrons. The Morgan fingerprint density at radius 3 is 2.71 bits per heavy atom. The van der Waals surface area contributed by atoms with E-state index < -0.39 is 5.97 Å². The van der Waals surface area contributed by atoms with Crippen molar-refractivity contribution in [2.75, 3.05) is 25.5 Å². The van der Waals surface area contributed by atoms with Crippen LogP contribution in [0, 0.1) is 0 Å². The first-order valence-corrected chi connectivity index (χ1v) is 9.33. The van der Waals surface area contributed by atoms with Crippen LogP contribution in [-0.2, 0) is 4.74 Å². The molecular formula is C21H22N4O3. The highest BCUT2D eigenvalue weighted by atomic mass is 16.5. The van der Waals surface area contributed by atoms with Gasteiger partial charge in [-0.2, -0.15) is 0 Å². The fraction of sp³-hybridized carbons (Fsp3) is 0.286. The number of hydrogen-bond acceptors (Lipinski definition) is 4. The summed E-state index contributed by atoms with van der Waals surface area (Å²) >= 11 is 0. The van der Waals surface area contributed by atoms with E-state index in [-0.39, 0.29) is 11.9 Å². The number of urea groups is 1. The molecule has 1 atom stereocenters. The first kappa shape index (κ1) is 18.0. The number of anilines is 1. The molecule has 1 aliphatic rings. The van der Waals surface area contributed by atoms with Gasteiger partial charge in [-0.25, -0.2) is 14.6 Å². The zero-order chi connectivity index (χ0) is 19.5. The Kier molecular flexibility index (Phi) is 4.97. The SMILES string of the molecule is COC(=O)c1ccc(NC(=O)N2CCCC(c3nc4ccccc4[nH]3)C2)cc1. The molecule has 1 fully saturated rings. The number of methoxy groups -OCH3 is 1. The van der Waals surface area contributed by atoms with Gasteiger partial charge < -0.3 is 19.9 Å². The molecule has 0 bridgehead atoms. The Morgan fingerprint density at radius 2 is 1.96 bits per heavy atom. The minimum Gasteiger partial charge on any atom is -0.465 e. The number of aromatic nitrogens is 2. The molecular weight excluding hydrogens is 356 g/mol. The van der Waals surface area contributed by atoms with E-state index in [1.165, 1.54) is 7.11 Å². The largest absolute Gasteiger partial charge is 0.465 e. The molecule has 0 aliphatic carbocycles. The van der Waals surface area contributed by atoms with Gasteiger partial charge in [0.15, 0.2) is 0 Å². The summed E-state index contributed by atoms with van der Waals surface area (Å²) in [5, 5.41) is 2.90. The van der Waals surface area contributed by atoms with Crippen LogP contribution in [0.1, 0.15) is 34.9 Å². The van der Waals surface area contributed by atoms with Crippen molar-refractivity contribution in [2.24, 2.45) is 0 Å². The van der Waals surface area contributed by atoms with Crippen LogP contribution in [0.2, 0.25) is 0 Å². The molecule has 1 aliphatic heterocycles. The van der Waals surface area contributed by atoms with E-state index in [1.807, 2.05) is 29.2 Å². The van der Waals surface area contributed by atoms with Crippen molar-refractivity contribution in [3.63, 3.8) is 0 Å². The fourth-order valence-corrected chi connectivity index (χ4v) is 3.56. The predicted octanol–water partition coefficient (Wildman–Crippen LogP) is 3.76. The summed E-state index contributed by atoms with van der Waals surface area (Å²) in [4.78, 5) is 34.1. The number of esters is 1. The summed E-state index contributed by atoms with van der Waals surface area (Å²) in [6.07, 6.45) is 1.92. The van der Waals surface area contributed by atoms with Crippen LogP contribution >= 0.6 is 0 Å². The first-order chi connectivity index (χ1) is 13.6. The van der Waals surface area contributed by atoms with Crippen molar-refractivity contribution >= 4 is 28.7 Å². The zero-order valence-corrected chi connectivity index (χ0v) is 15.6. The van der Waals surface area contributed by atoms with Gasteiger partial charge in [0.2, 0.25) is 0 Å². The number of aromatic amines is 1. The average Bonchev–Trinajstić information content (AvgIpc) is 3.18. The normalized spacial score (nSPS) is 16.8. The van der Waals surface area contributed by atoms with Gasteiger partial charge in [-0.15, -0.1) is 0 Å². The maximum absolute atomic E-state index is 12.7. The number of hydrogen-bond donors (Lipinski definition) is 2. The number of fused-ring (bicyclic) bond motifs is 1. The second kappa shape index (κ2) is 7.72. The highest BCUT2D eigenvalue weighted by Gasteiger charge is 2.26. The lowest BCUT2D eigenvalue weighted by Gasteiger charge is -2.31. The van der Waals surface area contributed by atoms with Crippen molar-refractivity contribution < 1.29 is 14.3 Å². The van der Waals surface area contributed by atoms with E-state index in [0.29, 0.717) is 24.3 Å². The van der Waals surface area contributed by atoms with Gasteiger partial charge in [-0.1, -0.05) is 12.1 Å². The number of nitrogens with zero attached hydrogens (tertiary/aromatic N) is 2. The van der Waals surface area contributed by atoms with Crippen molar-refractivity contribution in [1.29, 1.82) is 0 Å². The van der Waals surface area contributed by atoms with Crippen LogP contribution in [0.3, 0.4) is 0 Å². The highest BCUT2D eigenvalue weighted by molar-refractivity contribution is 5.92. The summed E-state index contributed by atoms with van der Waals surface area (Å²) in [6.45, 7) is 1.33. The molecule has 28 heavy (non-hydrogen) atoms. The van der Waals surface area contributed by atoms with Crippen LogP contribution in [0.15, 0.2) is 48.5 Å². The number of carbonyl (C=O) groups is 2.